The number of hydrogen-bond donors (Lipinski definition) is 0. The highest BCUT2D eigenvalue weighted by Crippen LogP contribution is 2.39. The van der Waals surface area contributed by atoms with Gasteiger partial charge in [-0.3, -0.25) is 0 Å². The Morgan fingerprint density at radius 1 is 0.828 bits per heavy atom. The number of nitrogens with zero attached hydrogens (tertiary/aromatic N) is 1. The molecule has 1 aliphatic heterocycles. The van der Waals surface area contributed by atoms with E-state index in [1.54, 1.807) is 0 Å². The summed E-state index contributed by atoms with van der Waals surface area (Å²) in [6.45, 7) is 14.6. The van der Waals surface area contributed by atoms with E-state index in [2.05, 4.69) is 65.8 Å². The molecule has 4 nitrogen and oxygen atoms in total. The van der Waals surface area contributed by atoms with E-state index in [0.717, 1.165) is 33.4 Å². The van der Waals surface area contributed by atoms with Crippen molar-refractivity contribution < 1.29 is 13.8 Å². The predicted octanol–water partition coefficient (Wildman–Crippen LogP) is 5.23. The van der Waals surface area contributed by atoms with Crippen LogP contribution < -0.4 is 5.46 Å². The van der Waals surface area contributed by atoms with Gasteiger partial charge in [0.15, 0.2) is 5.76 Å². The molecule has 1 fully saturated rings. The van der Waals surface area contributed by atoms with Gasteiger partial charge >= 0.3 is 7.12 Å². The van der Waals surface area contributed by atoms with E-state index in [-0.39, 0.29) is 0 Å². The number of benzene rings is 2. The predicted molar refractivity (Wildman–Crippen MR) is 117 cm³/mol. The summed E-state index contributed by atoms with van der Waals surface area (Å²) >= 11 is 0. The summed E-state index contributed by atoms with van der Waals surface area (Å²) < 4.78 is 18.7. The highest BCUT2D eigenvalue weighted by molar-refractivity contribution is 6.65. The van der Waals surface area contributed by atoms with Crippen molar-refractivity contribution >= 4 is 12.6 Å². The van der Waals surface area contributed by atoms with Gasteiger partial charge in [0.1, 0.15) is 5.69 Å². The van der Waals surface area contributed by atoms with Crippen molar-refractivity contribution in [3.05, 3.63) is 59.2 Å². The molecule has 2 aromatic carbocycles. The van der Waals surface area contributed by atoms with E-state index in [9.17, 15) is 0 Å². The maximum atomic E-state index is 6.41. The fraction of sp³-hybridized carbons (Fsp3) is 0.375. The minimum Gasteiger partial charge on any atom is -0.399 e. The SMILES string of the molecule is Cc1cc(C)c(-c2noc(-c3ccccc3)c2B2OC(C)(C)C(C)(C)O2)c(C)c1. The van der Waals surface area contributed by atoms with E-state index in [1.165, 1.54) is 5.56 Å². The van der Waals surface area contributed by atoms with Crippen molar-refractivity contribution in [1.29, 1.82) is 0 Å². The third-order valence-electron chi connectivity index (χ3n) is 6.17. The maximum Gasteiger partial charge on any atom is 0.501 e. The van der Waals surface area contributed by atoms with Crippen LogP contribution in [0.25, 0.3) is 22.6 Å². The number of aromatic nitrogens is 1. The second-order valence-electron chi connectivity index (χ2n) is 9.00. The molecule has 29 heavy (non-hydrogen) atoms. The Morgan fingerprint density at radius 2 is 1.38 bits per heavy atom. The van der Waals surface area contributed by atoms with E-state index >= 15 is 0 Å². The second kappa shape index (κ2) is 6.86. The van der Waals surface area contributed by atoms with Crippen LogP contribution >= 0.6 is 0 Å². The summed E-state index contributed by atoms with van der Waals surface area (Å²) in [6, 6.07) is 14.4. The third-order valence-corrected chi connectivity index (χ3v) is 6.17. The minimum absolute atomic E-state index is 0.447. The van der Waals surface area contributed by atoms with Crippen molar-refractivity contribution in [3.63, 3.8) is 0 Å². The molecule has 0 atom stereocenters. The molecule has 4 rings (SSSR count). The van der Waals surface area contributed by atoms with Crippen LogP contribution in [-0.4, -0.2) is 23.5 Å². The first-order valence-electron chi connectivity index (χ1n) is 10.1. The second-order valence-corrected chi connectivity index (χ2v) is 9.00. The molecule has 2 heterocycles. The Morgan fingerprint density at radius 3 is 1.93 bits per heavy atom. The summed E-state index contributed by atoms with van der Waals surface area (Å²) in [4.78, 5) is 0. The monoisotopic (exact) mass is 389 g/mol. The molecule has 1 aliphatic rings. The number of aryl methyl sites for hydroxylation is 3. The zero-order valence-electron chi connectivity index (χ0n) is 18.3. The van der Waals surface area contributed by atoms with Crippen molar-refractivity contribution in [2.24, 2.45) is 0 Å². The summed E-state index contributed by atoms with van der Waals surface area (Å²) in [5.74, 6) is 0.693. The van der Waals surface area contributed by atoms with Gasteiger partial charge in [0.25, 0.3) is 0 Å². The van der Waals surface area contributed by atoms with E-state index in [4.69, 9.17) is 13.8 Å². The Balaban J connectivity index is 1.94. The summed E-state index contributed by atoms with van der Waals surface area (Å²) in [6.07, 6.45) is 0. The highest BCUT2D eigenvalue weighted by atomic mass is 16.7. The molecule has 0 N–H and O–H groups in total. The zero-order valence-corrected chi connectivity index (χ0v) is 18.3. The van der Waals surface area contributed by atoms with Gasteiger partial charge in [0, 0.05) is 11.1 Å². The van der Waals surface area contributed by atoms with Crippen LogP contribution in [-0.2, 0) is 9.31 Å². The Bertz CT molecular complexity index is 1010. The van der Waals surface area contributed by atoms with Crippen LogP contribution in [0.5, 0.6) is 0 Å². The molecule has 0 bridgehead atoms. The molecule has 150 valence electrons. The number of hydrogen-bond acceptors (Lipinski definition) is 4. The minimum atomic E-state index is -0.559. The smallest absolute Gasteiger partial charge is 0.399 e. The van der Waals surface area contributed by atoms with Crippen LogP contribution in [0.3, 0.4) is 0 Å². The van der Waals surface area contributed by atoms with Gasteiger partial charge in [0.05, 0.1) is 16.7 Å². The molecular formula is C24H28BNO3. The largest absolute Gasteiger partial charge is 0.501 e. The fourth-order valence-corrected chi connectivity index (χ4v) is 4.01. The lowest BCUT2D eigenvalue weighted by Crippen LogP contribution is -2.41. The zero-order chi connectivity index (χ0) is 21.0. The molecule has 0 amide bonds. The molecule has 0 radical (unpaired) electrons. The van der Waals surface area contributed by atoms with E-state index in [1.807, 2.05) is 30.3 Å². The first-order valence-corrected chi connectivity index (χ1v) is 10.1. The van der Waals surface area contributed by atoms with Gasteiger partial charge < -0.3 is 13.8 Å². The Hall–Kier alpha value is -2.37. The molecule has 1 saturated heterocycles. The number of rotatable bonds is 3. The molecule has 0 saturated carbocycles. The van der Waals surface area contributed by atoms with Gasteiger partial charge in [-0.2, -0.15) is 0 Å². The first kappa shape index (κ1) is 19.9. The highest BCUT2D eigenvalue weighted by Gasteiger charge is 2.54. The molecule has 0 spiro atoms. The quantitative estimate of drug-likeness (QED) is 0.575. The molecule has 5 heteroatoms. The van der Waals surface area contributed by atoms with E-state index < -0.39 is 18.3 Å². The van der Waals surface area contributed by atoms with Crippen LogP contribution in [0, 0.1) is 20.8 Å². The first-order chi connectivity index (χ1) is 13.6. The topological polar surface area (TPSA) is 44.5 Å². The van der Waals surface area contributed by atoms with Crippen LogP contribution in [0.1, 0.15) is 44.4 Å². The Kier molecular flexibility index (Phi) is 4.71. The summed E-state index contributed by atoms with van der Waals surface area (Å²) in [7, 11) is -0.559. The summed E-state index contributed by atoms with van der Waals surface area (Å²) in [5.41, 5.74) is 6.33. The lowest BCUT2D eigenvalue weighted by Gasteiger charge is -2.32. The lowest BCUT2D eigenvalue weighted by atomic mass is 9.74. The van der Waals surface area contributed by atoms with E-state index in [0.29, 0.717) is 5.76 Å². The fourth-order valence-electron chi connectivity index (χ4n) is 4.01. The summed E-state index contributed by atoms with van der Waals surface area (Å²) in [5, 5.41) is 4.52. The maximum absolute atomic E-state index is 6.41. The third kappa shape index (κ3) is 3.32. The van der Waals surface area contributed by atoms with Gasteiger partial charge in [0.2, 0.25) is 0 Å². The molecular weight excluding hydrogens is 361 g/mol. The standard InChI is InChI=1S/C24H28BNO3/c1-15-13-16(2)19(17(3)14-15)21-20(25-28-23(4,5)24(6,7)29-25)22(27-26-21)18-11-9-8-10-12-18/h8-14H,1-7H3. The van der Waals surface area contributed by atoms with Crippen LogP contribution in [0.2, 0.25) is 0 Å². The average Bonchev–Trinajstić information content (AvgIpc) is 3.13. The van der Waals surface area contributed by atoms with Gasteiger partial charge in [-0.05, 0) is 59.6 Å². The average molecular weight is 389 g/mol. The van der Waals surface area contributed by atoms with Crippen molar-refractivity contribution in [2.75, 3.05) is 0 Å². The van der Waals surface area contributed by atoms with Gasteiger partial charge in [-0.25, -0.2) is 0 Å². The molecule has 3 aromatic rings. The van der Waals surface area contributed by atoms with Gasteiger partial charge in [-0.15, -0.1) is 0 Å². The molecule has 0 unspecified atom stereocenters. The normalized spacial score (nSPS) is 17.7. The van der Waals surface area contributed by atoms with Gasteiger partial charge in [-0.1, -0.05) is 53.2 Å². The van der Waals surface area contributed by atoms with Crippen molar-refractivity contribution in [2.45, 2.75) is 59.7 Å². The molecule has 0 aliphatic carbocycles. The Labute approximate surface area is 173 Å². The molecule has 1 aromatic heterocycles. The van der Waals surface area contributed by atoms with Crippen molar-refractivity contribution in [3.8, 4) is 22.6 Å². The van der Waals surface area contributed by atoms with Crippen LogP contribution in [0.4, 0.5) is 0 Å². The van der Waals surface area contributed by atoms with Crippen molar-refractivity contribution in [1.82, 2.24) is 5.16 Å². The lowest BCUT2D eigenvalue weighted by molar-refractivity contribution is 0.00578. The van der Waals surface area contributed by atoms with Crippen LogP contribution in [0.15, 0.2) is 47.0 Å².